The summed E-state index contributed by atoms with van der Waals surface area (Å²) in [6, 6.07) is 20.9. The Morgan fingerprint density at radius 2 is 1.23 bits per heavy atom. The minimum Gasteiger partial charge on any atom is -0.466 e. The molecule has 2 N–H and O–H groups in total. The van der Waals surface area contributed by atoms with Crippen molar-refractivity contribution in [2.24, 2.45) is 0 Å². The Morgan fingerprint density at radius 1 is 0.717 bits per heavy atom. The van der Waals surface area contributed by atoms with Crippen LogP contribution in [-0.2, 0) is 44.7 Å². The van der Waals surface area contributed by atoms with E-state index in [0.717, 1.165) is 5.56 Å². The fourth-order valence-corrected chi connectivity index (χ4v) is 7.47. The molecule has 2 atom stereocenters. The van der Waals surface area contributed by atoms with Gasteiger partial charge in [-0.1, -0.05) is 77.8 Å². The molecule has 0 radical (unpaired) electrons. The van der Waals surface area contributed by atoms with Gasteiger partial charge in [0.25, 0.3) is 5.69 Å². The van der Waals surface area contributed by atoms with Crippen LogP contribution in [0.1, 0.15) is 63.1 Å². The van der Waals surface area contributed by atoms with Crippen LogP contribution < -0.4 is 10.6 Å². The van der Waals surface area contributed by atoms with Crippen molar-refractivity contribution in [3.63, 3.8) is 0 Å². The van der Waals surface area contributed by atoms with Crippen molar-refractivity contribution in [2.75, 3.05) is 41.0 Å². The van der Waals surface area contributed by atoms with Crippen LogP contribution in [0.5, 0.6) is 0 Å². The summed E-state index contributed by atoms with van der Waals surface area (Å²) in [6.45, 7) is 10.2. The third-order valence-corrected chi connectivity index (χ3v) is 10.6. The number of nitrogens with zero attached hydrogens (tertiary/aromatic N) is 2. The summed E-state index contributed by atoms with van der Waals surface area (Å²) in [5.74, 6) is -3.93. The number of halogens is 2. The first-order valence-electron chi connectivity index (χ1n) is 18.8. The molecule has 0 amide bonds. The van der Waals surface area contributed by atoms with Crippen molar-refractivity contribution >= 4 is 52.8 Å². The fourth-order valence-electron chi connectivity index (χ4n) is 7.05. The van der Waals surface area contributed by atoms with Crippen LogP contribution in [-0.4, -0.2) is 74.7 Å². The van der Waals surface area contributed by atoms with Crippen LogP contribution in [0, 0.1) is 10.1 Å². The Kier molecular flexibility index (Phi) is 16.6. The van der Waals surface area contributed by atoms with Gasteiger partial charge < -0.3 is 29.6 Å². The van der Waals surface area contributed by atoms with Crippen LogP contribution in [0.4, 0.5) is 5.69 Å². The largest absolute Gasteiger partial charge is 0.466 e. The van der Waals surface area contributed by atoms with Crippen LogP contribution in [0.3, 0.4) is 0 Å². The second-order valence-corrected chi connectivity index (χ2v) is 14.6. The van der Waals surface area contributed by atoms with Gasteiger partial charge >= 0.3 is 23.9 Å². The third-order valence-electron chi connectivity index (χ3n) is 9.75. The lowest BCUT2D eigenvalue weighted by Crippen LogP contribution is -2.33. The first kappa shape index (κ1) is 46.7. The number of hydrogen-bond acceptors (Lipinski definition) is 13. The van der Waals surface area contributed by atoms with Gasteiger partial charge in [0.1, 0.15) is 6.61 Å². The monoisotopic (exact) mass is 862 g/mol. The summed E-state index contributed by atoms with van der Waals surface area (Å²) in [5, 5.41) is 18.1. The van der Waals surface area contributed by atoms with Crippen LogP contribution in [0.15, 0.2) is 118 Å². The molecule has 3 aromatic carbocycles. The summed E-state index contributed by atoms with van der Waals surface area (Å²) in [4.78, 5) is 63.8. The molecule has 2 aliphatic rings. The van der Waals surface area contributed by atoms with E-state index in [1.54, 1.807) is 58.9 Å². The normalized spacial score (nSPS) is 16.3. The molecule has 3 aromatic rings. The minimum atomic E-state index is -0.877. The fraction of sp³-hybridized carbons (Fsp3) is 0.318. The number of benzene rings is 3. The van der Waals surface area contributed by atoms with Gasteiger partial charge in [-0.2, -0.15) is 0 Å². The lowest BCUT2D eigenvalue weighted by atomic mass is 9.80. The Bertz CT molecular complexity index is 2270. The van der Waals surface area contributed by atoms with Crippen molar-refractivity contribution in [1.29, 1.82) is 0 Å². The molecule has 318 valence electrons. The number of esters is 4. The molecule has 0 spiro atoms. The number of hydrogen-bond donors (Lipinski definition) is 2. The van der Waals surface area contributed by atoms with Gasteiger partial charge in [0, 0.05) is 48.0 Å². The second kappa shape index (κ2) is 21.3. The molecule has 2 heterocycles. The lowest BCUT2D eigenvalue weighted by Gasteiger charge is -2.30. The molecule has 16 heteroatoms. The molecule has 60 heavy (non-hydrogen) atoms. The highest BCUT2D eigenvalue weighted by Crippen LogP contribution is 2.44. The number of likely N-dealkylation sites (N-methyl/N-ethyl adjacent to an activating group) is 1. The molecule has 0 saturated heterocycles. The first-order chi connectivity index (χ1) is 28.6. The summed E-state index contributed by atoms with van der Waals surface area (Å²) >= 11 is 12.5. The van der Waals surface area contributed by atoms with E-state index in [4.69, 9.17) is 42.1 Å². The van der Waals surface area contributed by atoms with E-state index in [2.05, 4.69) is 10.6 Å². The van der Waals surface area contributed by atoms with Crippen molar-refractivity contribution in [2.45, 2.75) is 53.0 Å². The number of dihydropyridines is 2. The van der Waals surface area contributed by atoms with E-state index in [-0.39, 0.29) is 35.1 Å². The number of non-ortho nitro benzene ring substituents is 1. The van der Waals surface area contributed by atoms with Gasteiger partial charge in [-0.3, -0.25) is 15.0 Å². The molecule has 14 nitrogen and oxygen atoms in total. The zero-order chi connectivity index (χ0) is 44.3. The zero-order valence-electron chi connectivity index (χ0n) is 34.6. The maximum atomic E-state index is 13.3. The number of ether oxygens (including phenoxy) is 4. The number of carbonyl (C=O) groups is 4. The lowest BCUT2D eigenvalue weighted by molar-refractivity contribution is -0.384. The van der Waals surface area contributed by atoms with Gasteiger partial charge in [0.05, 0.1) is 69.9 Å². The van der Waals surface area contributed by atoms with Crippen LogP contribution >= 0.6 is 23.2 Å². The Hall–Kier alpha value is -5.96. The van der Waals surface area contributed by atoms with E-state index in [0.29, 0.717) is 63.2 Å². The average Bonchev–Trinajstić information content (AvgIpc) is 3.21. The van der Waals surface area contributed by atoms with Crippen LogP contribution in [0.2, 0.25) is 10.0 Å². The molecule has 0 fully saturated rings. The third kappa shape index (κ3) is 11.0. The molecule has 0 aromatic heterocycles. The standard InChI is InChI=1S/C26H29N3O6.C18H19Cl2NO4/c1-17-22(25(30)34-4)24(20-11-8-12-21(15-20)29(32)33)23(18(2)27-17)26(31)35-14-13-28(3)16-19-9-6-5-7-10-19;1-5-25-18(23)14-10(3)21-9(2)13(17(22)24-4)15(14)11-7-6-8-12(19)16(11)20/h5-12,15,24,27H,13-14,16H2,1-4H3;6-8,15,21H,5H2,1-4H3. The number of rotatable bonds is 13. The summed E-state index contributed by atoms with van der Waals surface area (Å²) in [6.07, 6.45) is 0. The van der Waals surface area contributed by atoms with Crippen LogP contribution in [0.25, 0.3) is 0 Å². The highest BCUT2D eigenvalue weighted by molar-refractivity contribution is 6.42. The zero-order valence-corrected chi connectivity index (χ0v) is 36.2. The SMILES string of the molecule is CCOC(=O)C1=C(C)NC(C)=C(C(=O)OC)C1c1cccc(Cl)c1Cl.COC(=O)C1=C(C)NC(C)=C(C(=O)OCCN(C)Cc2ccccc2)C1c1cccc([N+](=O)[O-])c1. The second-order valence-electron chi connectivity index (χ2n) is 13.8. The predicted molar refractivity (Wildman–Crippen MR) is 227 cm³/mol. The van der Waals surface area contributed by atoms with E-state index >= 15 is 0 Å². The molecule has 0 aliphatic carbocycles. The number of nitrogens with one attached hydrogen (secondary N) is 2. The van der Waals surface area contributed by atoms with E-state index in [1.165, 1.54) is 32.4 Å². The Labute approximate surface area is 358 Å². The Balaban J connectivity index is 0.000000280. The van der Waals surface area contributed by atoms with Crippen molar-refractivity contribution in [3.8, 4) is 0 Å². The summed E-state index contributed by atoms with van der Waals surface area (Å²) < 4.78 is 20.7. The molecular formula is C44H48Cl2N4O10. The Morgan fingerprint density at radius 3 is 1.78 bits per heavy atom. The summed E-state index contributed by atoms with van der Waals surface area (Å²) in [7, 11) is 4.47. The number of nitro groups is 1. The van der Waals surface area contributed by atoms with Crippen molar-refractivity contribution in [3.05, 3.63) is 155 Å². The van der Waals surface area contributed by atoms with Gasteiger partial charge in [0.15, 0.2) is 0 Å². The maximum Gasteiger partial charge on any atom is 0.336 e. The van der Waals surface area contributed by atoms with Gasteiger partial charge in [-0.15, -0.1) is 0 Å². The van der Waals surface area contributed by atoms with Gasteiger partial charge in [-0.05, 0) is 64.4 Å². The molecule has 0 saturated carbocycles. The van der Waals surface area contributed by atoms with E-state index in [1.807, 2.05) is 42.3 Å². The van der Waals surface area contributed by atoms with Gasteiger partial charge in [0.2, 0.25) is 0 Å². The first-order valence-corrected chi connectivity index (χ1v) is 19.6. The number of methoxy groups -OCH3 is 2. The molecular weight excluding hydrogens is 815 g/mol. The minimum absolute atomic E-state index is 0.136. The predicted octanol–water partition coefficient (Wildman–Crippen LogP) is 7.64. The highest BCUT2D eigenvalue weighted by Gasteiger charge is 2.40. The molecule has 2 aliphatic heterocycles. The molecule has 0 bridgehead atoms. The number of carbonyl (C=O) groups excluding carboxylic acids is 4. The van der Waals surface area contributed by atoms with E-state index < -0.39 is 40.6 Å². The molecule has 2 unspecified atom stereocenters. The highest BCUT2D eigenvalue weighted by atomic mass is 35.5. The van der Waals surface area contributed by atoms with Crippen molar-refractivity contribution in [1.82, 2.24) is 15.5 Å². The quantitative estimate of drug-likeness (QED) is 0.0743. The van der Waals surface area contributed by atoms with E-state index in [9.17, 15) is 29.3 Å². The topological polar surface area (TPSA) is 176 Å². The maximum absolute atomic E-state index is 13.3. The number of nitro benzene ring substituents is 1. The average molecular weight is 864 g/mol. The van der Waals surface area contributed by atoms with Gasteiger partial charge in [-0.25, -0.2) is 19.2 Å². The summed E-state index contributed by atoms with van der Waals surface area (Å²) in [5.41, 5.74) is 5.15. The number of allylic oxidation sites excluding steroid dienone is 4. The smallest absolute Gasteiger partial charge is 0.336 e. The van der Waals surface area contributed by atoms with Crippen molar-refractivity contribution < 1.29 is 43.0 Å². The molecule has 5 rings (SSSR count).